The van der Waals surface area contributed by atoms with Gasteiger partial charge in [0, 0.05) is 12.8 Å². The van der Waals surface area contributed by atoms with Crippen LogP contribution in [0.3, 0.4) is 0 Å². The van der Waals surface area contributed by atoms with Crippen molar-refractivity contribution in [1.82, 2.24) is 0 Å². The zero-order valence-electron chi connectivity index (χ0n) is 15.3. The summed E-state index contributed by atoms with van der Waals surface area (Å²) in [7, 11) is 0. The van der Waals surface area contributed by atoms with Gasteiger partial charge in [-0.25, -0.2) is 0 Å². The monoisotopic (exact) mass is 304 g/mol. The van der Waals surface area contributed by atoms with Crippen LogP contribution in [-0.2, 0) is 19.1 Å². The van der Waals surface area contributed by atoms with Gasteiger partial charge in [0.1, 0.15) is 0 Å². The molecule has 0 aromatic carbocycles. The molecule has 0 aromatic heterocycles. The van der Waals surface area contributed by atoms with Crippen molar-refractivity contribution >= 4 is 11.9 Å². The Hall–Kier alpha value is -1.06. The molecular weight excluding hydrogens is 268 g/mol. The molecule has 0 bridgehead atoms. The van der Waals surface area contributed by atoms with E-state index in [1.54, 1.807) is 6.92 Å². The van der Waals surface area contributed by atoms with E-state index in [1.165, 1.54) is 6.42 Å². The van der Waals surface area contributed by atoms with Crippen molar-refractivity contribution in [2.75, 3.05) is 6.61 Å². The van der Waals surface area contributed by atoms with Gasteiger partial charge >= 0.3 is 11.9 Å². The minimum Gasteiger partial charge on any atom is -0.466 e. The first kappa shape index (κ1) is 24.9. The lowest BCUT2D eigenvalue weighted by Gasteiger charge is -2.04. The van der Waals surface area contributed by atoms with Crippen molar-refractivity contribution in [3.8, 4) is 0 Å². The highest BCUT2D eigenvalue weighted by atomic mass is 16.5. The number of hydrogen-bond acceptors (Lipinski definition) is 4. The molecule has 0 aliphatic rings. The molecule has 0 radical (unpaired) electrons. The van der Waals surface area contributed by atoms with Crippen LogP contribution < -0.4 is 0 Å². The van der Waals surface area contributed by atoms with Crippen LogP contribution in [-0.4, -0.2) is 24.6 Å². The third-order valence-electron chi connectivity index (χ3n) is 1.70. The van der Waals surface area contributed by atoms with Crippen molar-refractivity contribution in [1.29, 1.82) is 0 Å². The second kappa shape index (κ2) is 18.9. The topological polar surface area (TPSA) is 52.6 Å². The predicted molar refractivity (Wildman–Crippen MR) is 88.2 cm³/mol. The van der Waals surface area contributed by atoms with Gasteiger partial charge in [-0.3, -0.25) is 9.59 Å². The first-order valence-electron chi connectivity index (χ1n) is 8.09. The average Bonchev–Trinajstić information content (AvgIpc) is 2.36. The van der Waals surface area contributed by atoms with Gasteiger partial charge in [-0.05, 0) is 26.2 Å². The fourth-order valence-corrected chi connectivity index (χ4v) is 0.954. The second-order valence-electron chi connectivity index (χ2n) is 5.42. The zero-order valence-corrected chi connectivity index (χ0v) is 15.3. The van der Waals surface area contributed by atoms with Crippen LogP contribution in [0.1, 0.15) is 81.1 Å². The maximum absolute atomic E-state index is 10.8. The average molecular weight is 304 g/mol. The lowest BCUT2D eigenvalue weighted by Crippen LogP contribution is -2.09. The third kappa shape index (κ3) is 32.5. The summed E-state index contributed by atoms with van der Waals surface area (Å²) in [6.45, 7) is 16.3. The first-order chi connectivity index (χ1) is 9.74. The molecule has 21 heavy (non-hydrogen) atoms. The van der Waals surface area contributed by atoms with E-state index in [9.17, 15) is 9.59 Å². The van der Waals surface area contributed by atoms with Crippen LogP contribution in [0.25, 0.3) is 0 Å². The molecule has 0 atom stereocenters. The summed E-state index contributed by atoms with van der Waals surface area (Å²) in [5.41, 5.74) is 0. The van der Waals surface area contributed by atoms with Crippen LogP contribution >= 0.6 is 0 Å². The van der Waals surface area contributed by atoms with Gasteiger partial charge in [0.25, 0.3) is 0 Å². The van der Waals surface area contributed by atoms with Gasteiger partial charge in [0.05, 0.1) is 12.7 Å². The maximum atomic E-state index is 10.8. The molecule has 0 aliphatic carbocycles. The number of hydrogen-bond donors (Lipinski definition) is 0. The van der Waals surface area contributed by atoms with Gasteiger partial charge < -0.3 is 9.47 Å². The molecule has 0 aliphatic heterocycles. The molecule has 128 valence electrons. The predicted octanol–water partition coefficient (Wildman–Crippen LogP) is 4.75. The molecule has 0 aromatic rings. The normalized spacial score (nSPS) is 9.24. The molecule has 0 fully saturated rings. The fraction of sp³-hybridized carbons (Fsp3) is 0.882. The van der Waals surface area contributed by atoms with Gasteiger partial charge in [-0.2, -0.15) is 0 Å². The smallest absolute Gasteiger partial charge is 0.306 e. The highest BCUT2D eigenvalue weighted by Crippen LogP contribution is 2.00. The van der Waals surface area contributed by atoms with E-state index in [0.29, 0.717) is 25.4 Å². The summed E-state index contributed by atoms with van der Waals surface area (Å²) < 4.78 is 9.62. The largest absolute Gasteiger partial charge is 0.466 e. The Labute approximate surface area is 131 Å². The summed E-state index contributed by atoms with van der Waals surface area (Å²) in [5, 5.41) is 0. The van der Waals surface area contributed by atoms with Gasteiger partial charge in [-0.1, -0.05) is 48.0 Å². The van der Waals surface area contributed by atoms with E-state index in [1.807, 2.05) is 34.6 Å². The van der Waals surface area contributed by atoms with E-state index in [0.717, 1.165) is 6.42 Å². The van der Waals surface area contributed by atoms with Crippen molar-refractivity contribution in [2.24, 2.45) is 5.92 Å². The van der Waals surface area contributed by atoms with Crippen molar-refractivity contribution in [3.63, 3.8) is 0 Å². The van der Waals surface area contributed by atoms with Crippen LogP contribution in [0.15, 0.2) is 0 Å². The Kier molecular flexibility index (Phi) is 22.5. The van der Waals surface area contributed by atoms with Gasteiger partial charge in [0.2, 0.25) is 0 Å². The molecule has 0 saturated carbocycles. The number of carbonyl (C=O) groups is 2. The molecule has 4 heteroatoms. The van der Waals surface area contributed by atoms with Crippen LogP contribution in [0.2, 0.25) is 0 Å². The summed E-state index contributed by atoms with van der Waals surface area (Å²) in [4.78, 5) is 21.2. The van der Waals surface area contributed by atoms with Crippen molar-refractivity contribution < 1.29 is 19.1 Å². The Morgan fingerprint density at radius 1 is 0.905 bits per heavy atom. The minimum absolute atomic E-state index is 0.0300. The Balaban J connectivity index is -0.000000264. The van der Waals surface area contributed by atoms with Crippen molar-refractivity contribution in [2.45, 2.75) is 87.2 Å². The summed E-state index contributed by atoms with van der Waals surface area (Å²) in [5.74, 6) is 0.209. The molecule has 4 nitrogen and oxygen atoms in total. The second-order valence-corrected chi connectivity index (χ2v) is 5.42. The summed E-state index contributed by atoms with van der Waals surface area (Å²) in [6, 6.07) is 0. The SMILES string of the molecule is CCC.CCC(=O)OC(C)C.CCCOC(=O)CC(C)C. The Bertz CT molecular complexity index is 235. The lowest BCUT2D eigenvalue weighted by molar-refractivity contribution is -0.147. The highest BCUT2D eigenvalue weighted by Gasteiger charge is 2.04. The van der Waals surface area contributed by atoms with Crippen LogP contribution in [0, 0.1) is 5.92 Å². The molecule has 0 N–H and O–H groups in total. The van der Waals surface area contributed by atoms with E-state index in [-0.39, 0.29) is 18.0 Å². The molecule has 0 saturated heterocycles. The van der Waals surface area contributed by atoms with Gasteiger partial charge in [0.15, 0.2) is 0 Å². The summed E-state index contributed by atoms with van der Waals surface area (Å²) in [6.07, 6.45) is 3.20. The molecular formula is C17H36O4. The van der Waals surface area contributed by atoms with E-state index in [2.05, 4.69) is 13.8 Å². The number of carbonyl (C=O) groups excluding carboxylic acids is 2. The van der Waals surface area contributed by atoms with Crippen LogP contribution in [0.5, 0.6) is 0 Å². The number of ether oxygens (including phenoxy) is 2. The first-order valence-corrected chi connectivity index (χ1v) is 8.09. The lowest BCUT2D eigenvalue weighted by atomic mass is 10.1. The van der Waals surface area contributed by atoms with Crippen molar-refractivity contribution in [3.05, 3.63) is 0 Å². The number of rotatable bonds is 6. The Morgan fingerprint density at radius 2 is 1.38 bits per heavy atom. The minimum atomic E-state index is -0.125. The summed E-state index contributed by atoms with van der Waals surface area (Å²) >= 11 is 0. The van der Waals surface area contributed by atoms with E-state index >= 15 is 0 Å². The number of esters is 2. The van der Waals surface area contributed by atoms with E-state index < -0.39 is 0 Å². The zero-order chi connectivity index (χ0) is 17.3. The highest BCUT2D eigenvalue weighted by molar-refractivity contribution is 5.69. The molecule has 0 spiro atoms. The van der Waals surface area contributed by atoms with Gasteiger partial charge in [-0.15, -0.1) is 0 Å². The molecule has 0 unspecified atom stereocenters. The third-order valence-corrected chi connectivity index (χ3v) is 1.70. The Morgan fingerprint density at radius 3 is 1.62 bits per heavy atom. The van der Waals surface area contributed by atoms with E-state index in [4.69, 9.17) is 9.47 Å². The molecule has 0 rings (SSSR count). The van der Waals surface area contributed by atoms with Crippen LogP contribution in [0.4, 0.5) is 0 Å². The quantitative estimate of drug-likeness (QED) is 0.664. The maximum Gasteiger partial charge on any atom is 0.306 e. The molecule has 0 amide bonds. The standard InChI is InChI=1S/C8H16O2.C6H12O2.C3H8/c1-4-5-10-8(9)6-7(2)3;1-4-6(7)8-5(2)3;1-3-2/h7H,4-6H2,1-3H3;5H,4H2,1-3H3;3H2,1-2H3. The molecule has 0 heterocycles. The fourth-order valence-electron chi connectivity index (χ4n) is 0.954.